The number of aromatic nitrogens is 1. The number of rotatable bonds is 4. The van der Waals surface area contributed by atoms with E-state index >= 15 is 0 Å². The van der Waals surface area contributed by atoms with Crippen LogP contribution >= 0.6 is 11.6 Å². The van der Waals surface area contributed by atoms with Gasteiger partial charge in [-0.05, 0) is 31.2 Å². The molecule has 0 amide bonds. The summed E-state index contributed by atoms with van der Waals surface area (Å²) < 4.78 is 52.2. The fraction of sp³-hybridized carbons (Fsp3) is 0.455. The predicted octanol–water partition coefficient (Wildman–Crippen LogP) is 6.16. The lowest BCUT2D eigenvalue weighted by Crippen LogP contribution is -2.25. The van der Waals surface area contributed by atoms with E-state index in [9.17, 15) is 17.6 Å². The molecule has 8 heteroatoms. The van der Waals surface area contributed by atoms with Crippen molar-refractivity contribution in [2.45, 2.75) is 46.2 Å². The smallest absolute Gasteiger partial charge is 0.399 e. The Hall–Kier alpha value is -2.15. The monoisotopic (exact) mass is 441 g/mol. The van der Waals surface area contributed by atoms with Crippen LogP contribution in [0, 0.1) is 23.6 Å². The van der Waals surface area contributed by atoms with Gasteiger partial charge in [0.1, 0.15) is 11.0 Å². The summed E-state index contributed by atoms with van der Waals surface area (Å²) in [5.41, 5.74) is 8.76. The zero-order chi connectivity index (χ0) is 22.2. The van der Waals surface area contributed by atoms with Crippen molar-refractivity contribution in [3.63, 3.8) is 0 Å². The van der Waals surface area contributed by atoms with Crippen molar-refractivity contribution < 1.29 is 17.6 Å². The fourth-order valence-corrected chi connectivity index (χ4v) is 4.20. The average molecular weight is 442 g/mol. The highest BCUT2D eigenvalue weighted by Gasteiger charge is 2.33. The second-order valence-electron chi connectivity index (χ2n) is 8.02. The van der Waals surface area contributed by atoms with Gasteiger partial charge in [-0.1, -0.05) is 55.7 Å². The number of nitrogens with two attached hydrogens (primary N) is 1. The molecule has 3 nitrogen and oxygen atoms in total. The molecule has 3 rings (SSSR count). The number of allylic oxidation sites excluding steroid dienone is 4. The van der Waals surface area contributed by atoms with Crippen LogP contribution in [0.1, 0.15) is 44.9 Å². The molecule has 2 N–H and O–H groups in total. The highest BCUT2D eigenvalue weighted by atomic mass is 35.5. The summed E-state index contributed by atoms with van der Waals surface area (Å²) in [6, 6.07) is 0.498. The molecule has 30 heavy (non-hydrogen) atoms. The second-order valence-corrected chi connectivity index (χ2v) is 8.38. The third-order valence-electron chi connectivity index (χ3n) is 5.64. The summed E-state index contributed by atoms with van der Waals surface area (Å²) in [6.07, 6.45) is 1.43. The molecular weight excluding hydrogens is 418 g/mol. The summed E-state index contributed by atoms with van der Waals surface area (Å²) in [5, 5.41) is 0.326. The first-order valence-electron chi connectivity index (χ1n) is 9.84. The maximum Gasteiger partial charge on any atom is 0.417 e. The zero-order valence-corrected chi connectivity index (χ0v) is 17.8. The molecule has 1 aromatic heterocycles. The van der Waals surface area contributed by atoms with Crippen LogP contribution < -0.4 is 5.73 Å². The Morgan fingerprint density at radius 1 is 1.27 bits per heavy atom. The molecule has 0 aromatic carbocycles. The van der Waals surface area contributed by atoms with Crippen LogP contribution in [0.25, 0.3) is 0 Å². The topological polar surface area (TPSA) is 51.3 Å². The molecule has 2 atom stereocenters. The van der Waals surface area contributed by atoms with Gasteiger partial charge >= 0.3 is 6.18 Å². The van der Waals surface area contributed by atoms with Crippen molar-refractivity contribution in [1.29, 1.82) is 0 Å². The first-order valence-corrected chi connectivity index (χ1v) is 10.2. The first-order chi connectivity index (χ1) is 14.0. The van der Waals surface area contributed by atoms with Crippen LogP contribution in [0.2, 0.25) is 0 Å². The number of hydrogen-bond acceptors (Lipinski definition) is 3. The molecule has 2 aliphatic rings. The highest BCUT2D eigenvalue weighted by molar-refractivity contribution is 6.30. The third-order valence-corrected chi connectivity index (χ3v) is 5.94. The van der Waals surface area contributed by atoms with E-state index in [1.54, 1.807) is 0 Å². The minimum absolute atomic E-state index is 0.0187. The average Bonchev–Trinajstić information content (AvgIpc) is 2.77. The quantitative estimate of drug-likeness (QED) is 0.449. The lowest BCUT2D eigenvalue weighted by Gasteiger charge is -2.28. The van der Waals surface area contributed by atoms with Crippen LogP contribution in [0.4, 0.5) is 17.6 Å². The highest BCUT2D eigenvalue weighted by Crippen LogP contribution is 2.40. The molecule has 162 valence electrons. The predicted molar refractivity (Wildman–Crippen MR) is 110 cm³/mol. The molecular formula is C22H24ClF4N3. The van der Waals surface area contributed by atoms with Gasteiger partial charge in [-0.15, -0.1) is 0 Å². The number of pyridine rings is 1. The number of aryl methyl sites for hydroxylation is 1. The minimum Gasteiger partial charge on any atom is -0.399 e. The van der Waals surface area contributed by atoms with Gasteiger partial charge < -0.3 is 5.73 Å². The van der Waals surface area contributed by atoms with Crippen molar-refractivity contribution in [1.82, 2.24) is 4.98 Å². The zero-order valence-electron chi connectivity index (χ0n) is 17.0. The summed E-state index contributed by atoms with van der Waals surface area (Å²) in [5.74, 6) is -0.740. The van der Waals surface area contributed by atoms with E-state index in [0.717, 1.165) is 16.9 Å². The molecule has 2 unspecified atom stereocenters. The van der Waals surface area contributed by atoms with E-state index in [2.05, 4.69) is 30.7 Å². The van der Waals surface area contributed by atoms with Crippen LogP contribution in [0.15, 0.2) is 51.4 Å². The van der Waals surface area contributed by atoms with Crippen molar-refractivity contribution in [3.05, 3.63) is 63.5 Å². The normalized spacial score (nSPS) is 22.4. The molecule has 0 spiro atoms. The van der Waals surface area contributed by atoms with Gasteiger partial charge in [-0.2, -0.15) is 13.2 Å². The molecule has 1 aliphatic heterocycles. The summed E-state index contributed by atoms with van der Waals surface area (Å²) in [6.45, 7) is 6.17. The Morgan fingerprint density at radius 2 is 1.97 bits per heavy atom. The van der Waals surface area contributed by atoms with E-state index in [-0.39, 0.29) is 29.9 Å². The number of fused-ring (bicyclic) bond motifs is 1. The van der Waals surface area contributed by atoms with E-state index in [1.165, 1.54) is 0 Å². The van der Waals surface area contributed by atoms with Gasteiger partial charge in [-0.25, -0.2) is 9.38 Å². The molecule has 0 saturated heterocycles. The van der Waals surface area contributed by atoms with Crippen molar-refractivity contribution in [2.24, 2.45) is 28.5 Å². The molecule has 2 heterocycles. The standard InChI is InChI=1S/C22H24ClF4N3/c1-11(2)20-12(3)16-8-13(4-6-15(16)19(28)21(23)30-20)5-7-18-17(24)9-14(10-29-18)22(25,26)27/h4,8-12,15H,5-7,28H2,1-3H3. The molecule has 0 bridgehead atoms. The van der Waals surface area contributed by atoms with Crippen molar-refractivity contribution in [3.8, 4) is 0 Å². The molecule has 0 fully saturated rings. The number of alkyl halides is 3. The van der Waals surface area contributed by atoms with E-state index in [1.807, 2.05) is 12.2 Å². The Balaban J connectivity index is 1.80. The first kappa shape index (κ1) is 22.5. The number of nitrogens with zero attached hydrogens (tertiary/aromatic N) is 2. The Bertz CT molecular complexity index is 958. The lowest BCUT2D eigenvalue weighted by atomic mass is 9.77. The fourth-order valence-electron chi connectivity index (χ4n) is 3.97. The van der Waals surface area contributed by atoms with Crippen LogP contribution in [-0.2, 0) is 12.6 Å². The Labute approximate surface area is 178 Å². The van der Waals surface area contributed by atoms with Gasteiger partial charge in [-0.3, -0.25) is 4.98 Å². The SMILES string of the molecule is CC(C)C1=NC(Cl)=C(N)C2CC=C(CCc3ncc(C(F)(F)F)cc3F)C=C2C1C. The summed E-state index contributed by atoms with van der Waals surface area (Å²) in [4.78, 5) is 8.23. The van der Waals surface area contributed by atoms with E-state index in [4.69, 9.17) is 17.3 Å². The number of aliphatic imine (C=N–C) groups is 1. The minimum atomic E-state index is -4.61. The van der Waals surface area contributed by atoms with Crippen LogP contribution in [0.3, 0.4) is 0 Å². The van der Waals surface area contributed by atoms with Crippen molar-refractivity contribution >= 4 is 17.3 Å². The largest absolute Gasteiger partial charge is 0.417 e. The van der Waals surface area contributed by atoms with E-state index < -0.39 is 17.6 Å². The second kappa shape index (κ2) is 8.53. The molecule has 0 saturated carbocycles. The third kappa shape index (κ3) is 4.61. The molecule has 1 aliphatic carbocycles. The maximum absolute atomic E-state index is 14.1. The van der Waals surface area contributed by atoms with Gasteiger partial charge in [0, 0.05) is 23.7 Å². The molecule has 1 aromatic rings. The maximum atomic E-state index is 14.1. The van der Waals surface area contributed by atoms with Crippen LogP contribution in [-0.4, -0.2) is 10.7 Å². The lowest BCUT2D eigenvalue weighted by molar-refractivity contribution is -0.138. The van der Waals surface area contributed by atoms with Crippen LogP contribution in [0.5, 0.6) is 0 Å². The van der Waals surface area contributed by atoms with E-state index in [0.29, 0.717) is 36.0 Å². The number of hydrogen-bond donors (Lipinski definition) is 1. The summed E-state index contributed by atoms with van der Waals surface area (Å²) >= 11 is 6.32. The van der Waals surface area contributed by atoms with Gasteiger partial charge in [0.15, 0.2) is 0 Å². The van der Waals surface area contributed by atoms with Gasteiger partial charge in [0.25, 0.3) is 0 Å². The Morgan fingerprint density at radius 3 is 2.57 bits per heavy atom. The van der Waals surface area contributed by atoms with Gasteiger partial charge in [0.2, 0.25) is 0 Å². The van der Waals surface area contributed by atoms with Crippen molar-refractivity contribution in [2.75, 3.05) is 0 Å². The number of halogens is 5. The van der Waals surface area contributed by atoms with Gasteiger partial charge in [0.05, 0.1) is 17.0 Å². The Kier molecular flexibility index (Phi) is 6.41. The molecule has 0 radical (unpaired) electrons. The summed E-state index contributed by atoms with van der Waals surface area (Å²) in [7, 11) is 0.